The molecule has 6 nitrogen and oxygen atoms in total. The van der Waals surface area contributed by atoms with Gasteiger partial charge in [-0.25, -0.2) is 13.2 Å². The first kappa shape index (κ1) is 17.3. The van der Waals surface area contributed by atoms with Crippen LogP contribution in [0.1, 0.15) is 22.2 Å². The maximum absolute atomic E-state index is 12.4. The molecule has 2 aromatic rings. The average Bonchev–Trinajstić information content (AvgIpc) is 2.87. The summed E-state index contributed by atoms with van der Waals surface area (Å²) in [5, 5.41) is 0.239. The molecule has 23 heavy (non-hydrogen) atoms. The SMILES string of the molecule is CCOc1ccc(S(=O)(=O)Nc2sc(C)cc2C(=O)OC)cc1. The van der Waals surface area contributed by atoms with Crippen LogP contribution >= 0.6 is 11.3 Å². The van der Waals surface area contributed by atoms with Gasteiger partial charge in [0, 0.05) is 4.88 Å². The van der Waals surface area contributed by atoms with Crippen molar-refractivity contribution in [3.05, 3.63) is 40.8 Å². The van der Waals surface area contributed by atoms with Gasteiger partial charge in [-0.2, -0.15) is 0 Å². The van der Waals surface area contributed by atoms with Crippen LogP contribution in [0, 0.1) is 6.92 Å². The van der Waals surface area contributed by atoms with Crippen LogP contribution in [0.4, 0.5) is 5.00 Å². The molecular formula is C15H17NO5S2. The molecule has 1 aromatic heterocycles. The molecule has 0 amide bonds. The fourth-order valence-electron chi connectivity index (χ4n) is 1.91. The topological polar surface area (TPSA) is 81.7 Å². The van der Waals surface area contributed by atoms with Crippen molar-refractivity contribution in [3.8, 4) is 5.75 Å². The zero-order chi connectivity index (χ0) is 17.0. The number of benzene rings is 1. The summed E-state index contributed by atoms with van der Waals surface area (Å²) in [6.45, 7) is 4.13. The first-order chi connectivity index (χ1) is 10.9. The standard InChI is InChI=1S/C15H17NO5S2/c1-4-21-11-5-7-12(8-6-11)23(18,19)16-14-13(15(17)20-3)9-10(2)22-14/h5-9,16H,4H2,1-3H3. The first-order valence-electron chi connectivity index (χ1n) is 6.81. The number of esters is 1. The Kier molecular flexibility index (Phi) is 5.27. The van der Waals surface area contributed by atoms with E-state index in [1.54, 1.807) is 25.1 Å². The van der Waals surface area contributed by atoms with Gasteiger partial charge >= 0.3 is 5.97 Å². The van der Waals surface area contributed by atoms with E-state index in [1.807, 2.05) is 6.92 Å². The van der Waals surface area contributed by atoms with E-state index in [-0.39, 0.29) is 15.5 Å². The fraction of sp³-hybridized carbons (Fsp3) is 0.267. The van der Waals surface area contributed by atoms with Crippen molar-refractivity contribution in [2.45, 2.75) is 18.7 Å². The van der Waals surface area contributed by atoms with Gasteiger partial charge in [-0.3, -0.25) is 4.72 Å². The zero-order valence-electron chi connectivity index (χ0n) is 13.0. The molecular weight excluding hydrogens is 338 g/mol. The van der Waals surface area contributed by atoms with Gasteiger partial charge < -0.3 is 9.47 Å². The number of anilines is 1. The number of hydrogen-bond donors (Lipinski definition) is 1. The van der Waals surface area contributed by atoms with Crippen LogP contribution in [0.25, 0.3) is 0 Å². The summed E-state index contributed by atoms with van der Waals surface area (Å²) in [4.78, 5) is 12.6. The molecule has 1 aromatic carbocycles. The molecule has 0 fully saturated rings. The molecule has 0 atom stereocenters. The van der Waals surface area contributed by atoms with E-state index in [0.717, 1.165) is 4.88 Å². The molecule has 0 spiro atoms. The third-order valence-corrected chi connectivity index (χ3v) is 5.39. The Morgan fingerprint density at radius 2 is 1.91 bits per heavy atom. The average molecular weight is 355 g/mol. The van der Waals surface area contributed by atoms with Gasteiger partial charge in [-0.15, -0.1) is 11.3 Å². The van der Waals surface area contributed by atoms with Crippen molar-refractivity contribution in [2.24, 2.45) is 0 Å². The fourth-order valence-corrected chi connectivity index (χ4v) is 4.13. The van der Waals surface area contributed by atoms with E-state index in [1.165, 1.54) is 30.6 Å². The summed E-state index contributed by atoms with van der Waals surface area (Å²) in [7, 11) is -2.55. The number of thiophene rings is 1. The van der Waals surface area contributed by atoms with Crippen LogP contribution < -0.4 is 9.46 Å². The van der Waals surface area contributed by atoms with E-state index in [9.17, 15) is 13.2 Å². The summed E-state index contributed by atoms with van der Waals surface area (Å²) < 4.78 is 37.3. The molecule has 0 bridgehead atoms. The van der Waals surface area contributed by atoms with Crippen molar-refractivity contribution >= 4 is 32.3 Å². The van der Waals surface area contributed by atoms with Crippen LogP contribution in [-0.4, -0.2) is 28.1 Å². The molecule has 0 aliphatic carbocycles. The minimum absolute atomic E-state index is 0.0859. The lowest BCUT2D eigenvalue weighted by atomic mass is 10.3. The second-order valence-electron chi connectivity index (χ2n) is 4.60. The van der Waals surface area contributed by atoms with Gasteiger partial charge in [0.05, 0.1) is 24.2 Å². The second-order valence-corrected chi connectivity index (χ2v) is 7.54. The Hall–Kier alpha value is -2.06. The van der Waals surface area contributed by atoms with Crippen LogP contribution in [0.15, 0.2) is 35.2 Å². The number of ether oxygens (including phenoxy) is 2. The lowest BCUT2D eigenvalue weighted by Gasteiger charge is -2.09. The predicted octanol–water partition coefficient (Wildman–Crippen LogP) is 3.04. The number of carbonyl (C=O) groups is 1. The van der Waals surface area contributed by atoms with Crippen molar-refractivity contribution in [1.29, 1.82) is 0 Å². The van der Waals surface area contributed by atoms with Crippen molar-refractivity contribution in [3.63, 3.8) is 0 Å². The molecule has 1 heterocycles. The Labute approximate surface area is 139 Å². The number of methoxy groups -OCH3 is 1. The quantitative estimate of drug-likeness (QED) is 0.806. The van der Waals surface area contributed by atoms with E-state index >= 15 is 0 Å². The first-order valence-corrected chi connectivity index (χ1v) is 9.11. The Balaban J connectivity index is 2.29. The third-order valence-electron chi connectivity index (χ3n) is 2.93. The van der Waals surface area contributed by atoms with Crippen LogP contribution in [0.5, 0.6) is 5.75 Å². The van der Waals surface area contributed by atoms with Crippen molar-refractivity contribution < 1.29 is 22.7 Å². The van der Waals surface area contributed by atoms with Gasteiger partial charge in [-0.05, 0) is 44.2 Å². The van der Waals surface area contributed by atoms with Gasteiger partial charge in [0.2, 0.25) is 0 Å². The maximum Gasteiger partial charge on any atom is 0.340 e. The number of aryl methyl sites for hydroxylation is 1. The van der Waals surface area contributed by atoms with E-state index in [0.29, 0.717) is 12.4 Å². The highest BCUT2D eigenvalue weighted by Crippen LogP contribution is 2.30. The molecule has 124 valence electrons. The summed E-state index contributed by atoms with van der Waals surface area (Å²) in [5.74, 6) is 0.00686. The van der Waals surface area contributed by atoms with Gasteiger partial charge in [0.1, 0.15) is 10.8 Å². The minimum Gasteiger partial charge on any atom is -0.494 e. The molecule has 0 saturated carbocycles. The normalized spacial score (nSPS) is 11.1. The molecule has 0 saturated heterocycles. The monoisotopic (exact) mass is 355 g/mol. The van der Waals surface area contributed by atoms with Crippen LogP contribution in [0.2, 0.25) is 0 Å². The summed E-state index contributed by atoms with van der Waals surface area (Å²) in [6, 6.07) is 7.65. The molecule has 1 N–H and O–H groups in total. The molecule has 2 rings (SSSR count). The molecule has 0 radical (unpaired) electrons. The molecule has 0 aliphatic heterocycles. The summed E-state index contributed by atoms with van der Waals surface area (Å²) in [6.07, 6.45) is 0. The van der Waals surface area contributed by atoms with Crippen molar-refractivity contribution in [2.75, 3.05) is 18.4 Å². The van der Waals surface area contributed by atoms with E-state index < -0.39 is 16.0 Å². The number of carbonyl (C=O) groups excluding carboxylic acids is 1. The molecule has 0 unspecified atom stereocenters. The van der Waals surface area contributed by atoms with E-state index in [2.05, 4.69) is 9.46 Å². The highest BCUT2D eigenvalue weighted by atomic mass is 32.2. The van der Waals surface area contributed by atoms with Crippen molar-refractivity contribution in [1.82, 2.24) is 0 Å². The lowest BCUT2D eigenvalue weighted by Crippen LogP contribution is -2.14. The van der Waals surface area contributed by atoms with E-state index in [4.69, 9.17) is 4.74 Å². The Morgan fingerprint density at radius 1 is 1.26 bits per heavy atom. The number of hydrogen-bond acceptors (Lipinski definition) is 6. The Bertz CT molecular complexity index is 794. The smallest absolute Gasteiger partial charge is 0.340 e. The highest BCUT2D eigenvalue weighted by Gasteiger charge is 2.21. The predicted molar refractivity (Wildman–Crippen MR) is 88.8 cm³/mol. The van der Waals surface area contributed by atoms with Crippen LogP contribution in [0.3, 0.4) is 0 Å². The lowest BCUT2D eigenvalue weighted by molar-refractivity contribution is 0.0602. The largest absolute Gasteiger partial charge is 0.494 e. The van der Waals surface area contributed by atoms with Gasteiger partial charge in [0.15, 0.2) is 0 Å². The number of sulfonamides is 1. The summed E-state index contributed by atoms with van der Waals surface area (Å²) >= 11 is 1.18. The molecule has 8 heteroatoms. The molecule has 0 aliphatic rings. The Morgan fingerprint density at radius 3 is 2.48 bits per heavy atom. The zero-order valence-corrected chi connectivity index (χ0v) is 14.6. The second kappa shape index (κ2) is 7.01. The summed E-state index contributed by atoms with van der Waals surface area (Å²) in [5.41, 5.74) is 0.199. The minimum atomic E-state index is -3.80. The van der Waals surface area contributed by atoms with Gasteiger partial charge in [-0.1, -0.05) is 0 Å². The number of rotatable bonds is 6. The highest BCUT2D eigenvalue weighted by molar-refractivity contribution is 7.93. The number of nitrogens with one attached hydrogen (secondary N) is 1. The maximum atomic E-state index is 12.4. The van der Waals surface area contributed by atoms with Crippen LogP contribution in [-0.2, 0) is 14.8 Å². The third kappa shape index (κ3) is 4.02. The van der Waals surface area contributed by atoms with Gasteiger partial charge in [0.25, 0.3) is 10.0 Å².